The van der Waals surface area contributed by atoms with Gasteiger partial charge in [-0.05, 0) is 51.8 Å². The highest BCUT2D eigenvalue weighted by molar-refractivity contribution is 5.29. The summed E-state index contributed by atoms with van der Waals surface area (Å²) in [6.45, 7) is 5.98. The molecule has 1 fully saturated rings. The summed E-state index contributed by atoms with van der Waals surface area (Å²) in [6, 6.07) is 4.68. The van der Waals surface area contributed by atoms with Gasteiger partial charge in [-0.15, -0.1) is 0 Å². The first-order valence-electron chi connectivity index (χ1n) is 6.97. The third-order valence-electron chi connectivity index (χ3n) is 4.30. The van der Waals surface area contributed by atoms with Crippen LogP contribution in [0.2, 0.25) is 0 Å². The van der Waals surface area contributed by atoms with Gasteiger partial charge in [0, 0.05) is 23.7 Å². The van der Waals surface area contributed by atoms with Crippen LogP contribution in [-0.4, -0.2) is 29.1 Å². The standard InChI is InChI=1S/C15H23FN2O/c1-10(17)12-5-7-18(8-6-12)11(2)14-4-3-13(19)9-15(14)16/h3-4,9-12,19H,5-8,17H2,1-2H3. The lowest BCUT2D eigenvalue weighted by atomic mass is 9.89. The van der Waals surface area contributed by atoms with Crippen molar-refractivity contribution >= 4 is 0 Å². The number of aromatic hydroxyl groups is 1. The van der Waals surface area contributed by atoms with E-state index in [-0.39, 0.29) is 23.7 Å². The van der Waals surface area contributed by atoms with Crippen LogP contribution < -0.4 is 5.73 Å². The smallest absolute Gasteiger partial charge is 0.131 e. The van der Waals surface area contributed by atoms with E-state index in [1.54, 1.807) is 12.1 Å². The van der Waals surface area contributed by atoms with Crippen LogP contribution in [0.15, 0.2) is 18.2 Å². The van der Waals surface area contributed by atoms with Crippen molar-refractivity contribution in [2.75, 3.05) is 13.1 Å². The van der Waals surface area contributed by atoms with E-state index in [4.69, 9.17) is 5.73 Å². The van der Waals surface area contributed by atoms with E-state index in [9.17, 15) is 9.50 Å². The molecule has 4 heteroatoms. The second-order valence-corrected chi connectivity index (χ2v) is 5.61. The van der Waals surface area contributed by atoms with E-state index in [0.29, 0.717) is 11.5 Å². The molecule has 2 atom stereocenters. The lowest BCUT2D eigenvalue weighted by Gasteiger charge is -2.37. The summed E-state index contributed by atoms with van der Waals surface area (Å²) in [5.41, 5.74) is 6.58. The van der Waals surface area contributed by atoms with E-state index in [1.165, 1.54) is 6.07 Å². The molecular formula is C15H23FN2O. The number of piperidine rings is 1. The zero-order valence-corrected chi connectivity index (χ0v) is 11.6. The molecule has 0 saturated carbocycles. The molecule has 1 aromatic carbocycles. The first-order valence-corrected chi connectivity index (χ1v) is 6.97. The fourth-order valence-electron chi connectivity index (χ4n) is 2.88. The summed E-state index contributed by atoms with van der Waals surface area (Å²) in [5.74, 6) is 0.221. The molecule has 2 rings (SSSR count). The Labute approximate surface area is 114 Å². The molecule has 0 aliphatic carbocycles. The van der Waals surface area contributed by atoms with Gasteiger partial charge in [-0.1, -0.05) is 6.07 Å². The number of hydrogen-bond donors (Lipinski definition) is 2. The summed E-state index contributed by atoms with van der Waals surface area (Å²) in [4.78, 5) is 2.29. The number of halogens is 1. The van der Waals surface area contributed by atoms with Crippen LogP contribution in [-0.2, 0) is 0 Å². The van der Waals surface area contributed by atoms with E-state index < -0.39 is 0 Å². The number of rotatable bonds is 3. The number of likely N-dealkylation sites (tertiary alicyclic amines) is 1. The fourth-order valence-corrected chi connectivity index (χ4v) is 2.88. The summed E-state index contributed by atoms with van der Waals surface area (Å²) in [5, 5.41) is 9.26. The highest BCUT2D eigenvalue weighted by Crippen LogP contribution is 2.30. The Morgan fingerprint density at radius 2 is 1.95 bits per heavy atom. The van der Waals surface area contributed by atoms with Crippen molar-refractivity contribution in [1.29, 1.82) is 0 Å². The Kier molecular flexibility index (Phi) is 4.42. The van der Waals surface area contributed by atoms with Crippen molar-refractivity contribution in [2.45, 2.75) is 38.8 Å². The maximum Gasteiger partial charge on any atom is 0.131 e. The normalized spacial score (nSPS) is 21.3. The molecule has 2 unspecified atom stereocenters. The monoisotopic (exact) mass is 266 g/mol. The van der Waals surface area contributed by atoms with Gasteiger partial charge in [-0.2, -0.15) is 0 Å². The van der Waals surface area contributed by atoms with Gasteiger partial charge < -0.3 is 10.8 Å². The predicted molar refractivity (Wildman–Crippen MR) is 74.4 cm³/mol. The van der Waals surface area contributed by atoms with Gasteiger partial charge in [0.1, 0.15) is 11.6 Å². The summed E-state index contributed by atoms with van der Waals surface area (Å²) < 4.78 is 13.9. The number of hydrogen-bond acceptors (Lipinski definition) is 3. The predicted octanol–water partition coefficient (Wildman–Crippen LogP) is 2.65. The van der Waals surface area contributed by atoms with Crippen LogP contribution in [0.4, 0.5) is 4.39 Å². The first kappa shape index (κ1) is 14.3. The molecule has 0 bridgehead atoms. The van der Waals surface area contributed by atoms with Gasteiger partial charge in [0.05, 0.1) is 0 Å². The highest BCUT2D eigenvalue weighted by Gasteiger charge is 2.26. The number of nitrogens with zero attached hydrogens (tertiary/aromatic N) is 1. The largest absolute Gasteiger partial charge is 0.508 e. The first-order chi connectivity index (χ1) is 8.99. The minimum atomic E-state index is -0.332. The van der Waals surface area contributed by atoms with Gasteiger partial charge in [0.2, 0.25) is 0 Å². The topological polar surface area (TPSA) is 49.5 Å². The van der Waals surface area contributed by atoms with Gasteiger partial charge in [-0.3, -0.25) is 4.90 Å². The van der Waals surface area contributed by atoms with Crippen LogP contribution in [0.25, 0.3) is 0 Å². The molecule has 1 aliphatic heterocycles. The third-order valence-corrected chi connectivity index (χ3v) is 4.30. The van der Waals surface area contributed by atoms with Gasteiger partial charge in [0.25, 0.3) is 0 Å². The van der Waals surface area contributed by atoms with E-state index in [2.05, 4.69) is 11.8 Å². The number of phenols is 1. The van der Waals surface area contributed by atoms with Crippen molar-refractivity contribution in [3.63, 3.8) is 0 Å². The van der Waals surface area contributed by atoms with Gasteiger partial charge in [-0.25, -0.2) is 4.39 Å². The van der Waals surface area contributed by atoms with E-state index in [1.807, 2.05) is 6.92 Å². The number of phenolic OH excluding ortho intramolecular Hbond substituents is 1. The average Bonchev–Trinajstić information content (AvgIpc) is 2.38. The molecule has 3 nitrogen and oxygen atoms in total. The number of nitrogens with two attached hydrogens (primary N) is 1. The molecule has 19 heavy (non-hydrogen) atoms. The minimum Gasteiger partial charge on any atom is -0.508 e. The lowest BCUT2D eigenvalue weighted by molar-refractivity contribution is 0.130. The maximum atomic E-state index is 13.9. The number of benzene rings is 1. The summed E-state index contributed by atoms with van der Waals surface area (Å²) in [6.07, 6.45) is 2.14. The summed E-state index contributed by atoms with van der Waals surface area (Å²) >= 11 is 0. The Morgan fingerprint density at radius 3 is 2.47 bits per heavy atom. The molecule has 3 N–H and O–H groups in total. The molecular weight excluding hydrogens is 243 g/mol. The Balaban J connectivity index is 2.03. The van der Waals surface area contributed by atoms with Crippen LogP contribution in [0.1, 0.15) is 38.3 Å². The SMILES string of the molecule is CC(N)C1CCN(C(C)c2ccc(O)cc2F)CC1. The van der Waals surface area contributed by atoms with Crippen molar-refractivity contribution in [1.82, 2.24) is 4.90 Å². The molecule has 0 aromatic heterocycles. The quantitative estimate of drug-likeness (QED) is 0.884. The van der Waals surface area contributed by atoms with E-state index >= 15 is 0 Å². The van der Waals surface area contributed by atoms with Crippen LogP contribution in [0.3, 0.4) is 0 Å². The lowest BCUT2D eigenvalue weighted by Crippen LogP contribution is -2.40. The second-order valence-electron chi connectivity index (χ2n) is 5.61. The Hall–Kier alpha value is -1.13. The second kappa shape index (κ2) is 5.88. The van der Waals surface area contributed by atoms with Crippen molar-refractivity contribution in [2.24, 2.45) is 11.7 Å². The van der Waals surface area contributed by atoms with Crippen molar-refractivity contribution in [3.05, 3.63) is 29.6 Å². The van der Waals surface area contributed by atoms with Crippen LogP contribution in [0, 0.1) is 11.7 Å². The highest BCUT2D eigenvalue weighted by atomic mass is 19.1. The minimum absolute atomic E-state index is 0.0240. The molecule has 0 spiro atoms. The average molecular weight is 266 g/mol. The van der Waals surface area contributed by atoms with Crippen LogP contribution >= 0.6 is 0 Å². The molecule has 1 heterocycles. The Morgan fingerprint density at radius 1 is 1.32 bits per heavy atom. The fraction of sp³-hybridized carbons (Fsp3) is 0.600. The van der Waals surface area contributed by atoms with Crippen molar-refractivity contribution in [3.8, 4) is 5.75 Å². The van der Waals surface area contributed by atoms with Crippen molar-refractivity contribution < 1.29 is 9.50 Å². The molecule has 106 valence electrons. The molecule has 1 saturated heterocycles. The maximum absolute atomic E-state index is 13.9. The van der Waals surface area contributed by atoms with E-state index in [0.717, 1.165) is 25.9 Å². The van der Waals surface area contributed by atoms with Gasteiger partial charge >= 0.3 is 0 Å². The van der Waals surface area contributed by atoms with Gasteiger partial charge in [0.15, 0.2) is 0 Å². The van der Waals surface area contributed by atoms with Crippen LogP contribution in [0.5, 0.6) is 5.75 Å². The Bertz CT molecular complexity index is 428. The zero-order valence-electron chi connectivity index (χ0n) is 11.6. The third kappa shape index (κ3) is 3.25. The molecule has 1 aromatic rings. The zero-order chi connectivity index (χ0) is 14.0. The summed E-state index contributed by atoms with van der Waals surface area (Å²) in [7, 11) is 0. The molecule has 0 amide bonds. The molecule has 0 radical (unpaired) electrons. The molecule has 1 aliphatic rings.